The molecule has 1 aliphatic carbocycles. The van der Waals surface area contributed by atoms with Crippen LogP contribution in [-0.4, -0.2) is 17.3 Å². The molecule has 3 heteroatoms. The first-order valence-electron chi connectivity index (χ1n) is 5.21. The van der Waals surface area contributed by atoms with Crippen LogP contribution >= 0.6 is 0 Å². The molecule has 1 aromatic rings. The van der Waals surface area contributed by atoms with Crippen molar-refractivity contribution in [2.45, 2.75) is 37.6 Å². The topological polar surface area (TPSA) is 42.6 Å². The van der Waals surface area contributed by atoms with E-state index in [1.807, 2.05) is 12.1 Å². The number of aliphatic hydroxyl groups excluding tert-OH is 1. The van der Waals surface area contributed by atoms with Crippen molar-refractivity contribution in [3.63, 3.8) is 0 Å². The van der Waals surface area contributed by atoms with Gasteiger partial charge in [-0.05, 0) is 37.3 Å². The van der Waals surface area contributed by atoms with E-state index in [9.17, 15) is 5.11 Å². The van der Waals surface area contributed by atoms with Crippen LogP contribution in [0.25, 0.3) is 0 Å². The van der Waals surface area contributed by atoms with Crippen LogP contribution in [0.2, 0.25) is 0 Å². The summed E-state index contributed by atoms with van der Waals surface area (Å²) in [4.78, 5) is 0. The first-order valence-corrected chi connectivity index (χ1v) is 5.21. The molecule has 1 aliphatic heterocycles. The highest BCUT2D eigenvalue weighted by molar-refractivity contribution is 5.07. The molecule has 0 radical (unpaired) electrons. The summed E-state index contributed by atoms with van der Waals surface area (Å²) in [5.74, 6) is 1.45. The molecule has 3 rings (SSSR count). The Morgan fingerprint density at radius 2 is 2.29 bits per heavy atom. The van der Waals surface area contributed by atoms with Crippen LogP contribution in [0.15, 0.2) is 22.8 Å². The second-order valence-corrected chi connectivity index (χ2v) is 4.25. The lowest BCUT2D eigenvalue weighted by Crippen LogP contribution is -2.28. The van der Waals surface area contributed by atoms with Crippen molar-refractivity contribution in [3.8, 4) is 0 Å². The lowest BCUT2D eigenvalue weighted by molar-refractivity contribution is -0.0358. The van der Waals surface area contributed by atoms with E-state index >= 15 is 0 Å². The molecule has 1 saturated heterocycles. The van der Waals surface area contributed by atoms with Crippen LogP contribution < -0.4 is 0 Å². The first-order chi connectivity index (χ1) is 6.84. The molecule has 2 bridgehead atoms. The minimum absolute atomic E-state index is 0.0313. The Labute approximate surface area is 82.7 Å². The predicted octanol–water partition coefficient (Wildman–Crippen LogP) is 1.88. The van der Waals surface area contributed by atoms with E-state index in [-0.39, 0.29) is 18.3 Å². The van der Waals surface area contributed by atoms with Gasteiger partial charge in [0, 0.05) is 0 Å². The minimum atomic E-state index is -0.272. The minimum Gasteiger partial charge on any atom is -0.467 e. The van der Waals surface area contributed by atoms with Gasteiger partial charge < -0.3 is 14.3 Å². The largest absolute Gasteiger partial charge is 0.467 e. The SMILES string of the molecule is O[C@H]1CC[C@H]2C[C@H]1O[C@@H]2c1ccco1. The van der Waals surface area contributed by atoms with Crippen molar-refractivity contribution in [2.75, 3.05) is 0 Å². The van der Waals surface area contributed by atoms with Gasteiger partial charge in [0.25, 0.3) is 0 Å². The maximum Gasteiger partial charge on any atom is 0.132 e. The molecule has 2 fully saturated rings. The molecule has 3 nitrogen and oxygen atoms in total. The molecule has 2 aliphatic rings. The average Bonchev–Trinajstić information content (AvgIpc) is 2.80. The molecular formula is C11H14O3. The zero-order valence-electron chi connectivity index (χ0n) is 7.93. The Bertz CT molecular complexity index is 306. The van der Waals surface area contributed by atoms with E-state index in [0.29, 0.717) is 5.92 Å². The van der Waals surface area contributed by atoms with Crippen molar-refractivity contribution in [3.05, 3.63) is 24.2 Å². The molecular weight excluding hydrogens is 180 g/mol. The van der Waals surface area contributed by atoms with Crippen molar-refractivity contribution < 1.29 is 14.3 Å². The number of rotatable bonds is 1. The third kappa shape index (κ3) is 1.20. The highest BCUT2D eigenvalue weighted by Crippen LogP contribution is 2.45. The summed E-state index contributed by atoms with van der Waals surface area (Å²) in [5.41, 5.74) is 0. The molecule has 0 aromatic carbocycles. The highest BCUT2D eigenvalue weighted by Gasteiger charge is 2.44. The van der Waals surface area contributed by atoms with E-state index < -0.39 is 0 Å². The van der Waals surface area contributed by atoms with Crippen molar-refractivity contribution in [2.24, 2.45) is 5.92 Å². The van der Waals surface area contributed by atoms with Crippen LogP contribution in [0.3, 0.4) is 0 Å². The molecule has 1 N–H and O–H groups in total. The summed E-state index contributed by atoms with van der Waals surface area (Å²) in [6.07, 6.45) is 4.40. The number of hydrogen-bond acceptors (Lipinski definition) is 3. The zero-order chi connectivity index (χ0) is 9.54. The Hall–Kier alpha value is -0.800. The molecule has 1 saturated carbocycles. The lowest BCUT2D eigenvalue weighted by Gasteiger charge is -2.21. The zero-order valence-corrected chi connectivity index (χ0v) is 7.93. The van der Waals surface area contributed by atoms with Gasteiger partial charge in [0.1, 0.15) is 11.9 Å². The second-order valence-electron chi connectivity index (χ2n) is 4.25. The maximum atomic E-state index is 9.66. The van der Waals surface area contributed by atoms with E-state index in [0.717, 1.165) is 25.0 Å². The molecule has 1 aromatic heterocycles. The summed E-state index contributed by atoms with van der Waals surface area (Å²) in [6.45, 7) is 0. The van der Waals surface area contributed by atoms with E-state index in [1.54, 1.807) is 6.26 Å². The smallest absolute Gasteiger partial charge is 0.132 e. The fourth-order valence-corrected chi connectivity index (χ4v) is 2.62. The third-order valence-electron chi connectivity index (χ3n) is 3.37. The van der Waals surface area contributed by atoms with Crippen LogP contribution in [0.1, 0.15) is 31.1 Å². The maximum absolute atomic E-state index is 9.66. The fraction of sp³-hybridized carbons (Fsp3) is 0.636. The monoisotopic (exact) mass is 194 g/mol. The first kappa shape index (κ1) is 8.50. The Morgan fingerprint density at radius 1 is 1.36 bits per heavy atom. The van der Waals surface area contributed by atoms with Gasteiger partial charge in [-0.2, -0.15) is 0 Å². The van der Waals surface area contributed by atoms with Gasteiger partial charge in [-0.3, -0.25) is 0 Å². The van der Waals surface area contributed by atoms with Gasteiger partial charge in [0.05, 0.1) is 18.5 Å². The Kier molecular flexibility index (Phi) is 1.89. The number of hydrogen-bond donors (Lipinski definition) is 1. The average molecular weight is 194 g/mol. The normalized spacial score (nSPS) is 41.5. The van der Waals surface area contributed by atoms with Crippen molar-refractivity contribution >= 4 is 0 Å². The Morgan fingerprint density at radius 3 is 3.00 bits per heavy atom. The van der Waals surface area contributed by atoms with Gasteiger partial charge in [-0.25, -0.2) is 0 Å². The van der Waals surface area contributed by atoms with Gasteiger partial charge >= 0.3 is 0 Å². The van der Waals surface area contributed by atoms with Crippen LogP contribution in [-0.2, 0) is 4.74 Å². The second kappa shape index (κ2) is 3.11. The summed E-state index contributed by atoms with van der Waals surface area (Å²) < 4.78 is 11.2. The predicted molar refractivity (Wildman–Crippen MR) is 49.7 cm³/mol. The van der Waals surface area contributed by atoms with Crippen LogP contribution in [0, 0.1) is 5.92 Å². The van der Waals surface area contributed by atoms with Gasteiger partial charge in [-0.1, -0.05) is 0 Å². The fourth-order valence-electron chi connectivity index (χ4n) is 2.62. The van der Waals surface area contributed by atoms with Gasteiger partial charge in [-0.15, -0.1) is 0 Å². The number of aliphatic hydroxyl groups is 1. The molecule has 4 atom stereocenters. The summed E-state index contributed by atoms with van der Waals surface area (Å²) in [7, 11) is 0. The summed E-state index contributed by atoms with van der Waals surface area (Å²) >= 11 is 0. The highest BCUT2D eigenvalue weighted by atomic mass is 16.5. The molecule has 76 valence electrons. The lowest BCUT2D eigenvalue weighted by atomic mass is 9.85. The van der Waals surface area contributed by atoms with Crippen LogP contribution in [0.4, 0.5) is 0 Å². The van der Waals surface area contributed by atoms with E-state index in [1.165, 1.54) is 0 Å². The molecule has 0 spiro atoms. The molecule has 0 unspecified atom stereocenters. The standard InChI is InChI=1S/C11H14O3/c12-8-4-3-7-6-10(8)14-11(7)9-2-1-5-13-9/h1-2,5,7-8,10-12H,3-4,6H2/t7-,8-,10+,11-/m0/s1. The Balaban J connectivity index is 1.84. The third-order valence-corrected chi connectivity index (χ3v) is 3.37. The summed E-state index contributed by atoms with van der Waals surface area (Å²) in [5, 5.41) is 9.66. The van der Waals surface area contributed by atoms with E-state index in [2.05, 4.69) is 0 Å². The summed E-state index contributed by atoms with van der Waals surface area (Å²) in [6, 6.07) is 3.84. The van der Waals surface area contributed by atoms with Crippen molar-refractivity contribution in [1.82, 2.24) is 0 Å². The van der Waals surface area contributed by atoms with Crippen molar-refractivity contribution in [1.29, 1.82) is 0 Å². The van der Waals surface area contributed by atoms with Gasteiger partial charge in [0.15, 0.2) is 0 Å². The molecule has 2 heterocycles. The number of fused-ring (bicyclic) bond motifs is 2. The number of furan rings is 1. The molecule has 14 heavy (non-hydrogen) atoms. The van der Waals surface area contributed by atoms with E-state index in [4.69, 9.17) is 9.15 Å². The quantitative estimate of drug-likeness (QED) is 0.742. The van der Waals surface area contributed by atoms with Gasteiger partial charge in [0.2, 0.25) is 0 Å². The van der Waals surface area contributed by atoms with Crippen LogP contribution in [0.5, 0.6) is 0 Å². The molecule has 0 amide bonds. The number of ether oxygens (including phenoxy) is 1.